The number of ether oxygens (including phenoxy) is 1. The lowest BCUT2D eigenvalue weighted by atomic mass is 9.90. The second-order valence-electron chi connectivity index (χ2n) is 4.39. The SMILES string of the molecule is Fc1ccc(OCC2CCCCC2)cc1Cl. The van der Waals surface area contributed by atoms with Crippen LogP contribution in [-0.2, 0) is 0 Å². The van der Waals surface area contributed by atoms with Gasteiger partial charge in [-0.15, -0.1) is 0 Å². The van der Waals surface area contributed by atoms with E-state index in [2.05, 4.69) is 0 Å². The molecule has 0 atom stereocenters. The van der Waals surface area contributed by atoms with E-state index in [1.54, 1.807) is 12.1 Å². The van der Waals surface area contributed by atoms with Gasteiger partial charge in [0.2, 0.25) is 0 Å². The van der Waals surface area contributed by atoms with Crippen LogP contribution in [0.3, 0.4) is 0 Å². The molecule has 3 heteroatoms. The van der Waals surface area contributed by atoms with Gasteiger partial charge in [0.15, 0.2) is 0 Å². The zero-order chi connectivity index (χ0) is 11.4. The zero-order valence-corrected chi connectivity index (χ0v) is 9.97. The summed E-state index contributed by atoms with van der Waals surface area (Å²) in [6, 6.07) is 4.52. The molecule has 1 fully saturated rings. The van der Waals surface area contributed by atoms with Gasteiger partial charge in [-0.05, 0) is 30.9 Å². The summed E-state index contributed by atoms with van der Waals surface area (Å²) in [7, 11) is 0. The summed E-state index contributed by atoms with van der Waals surface area (Å²) in [5.74, 6) is 0.918. The van der Waals surface area contributed by atoms with Crippen molar-refractivity contribution in [3.05, 3.63) is 29.0 Å². The zero-order valence-electron chi connectivity index (χ0n) is 9.22. The van der Waals surface area contributed by atoms with E-state index in [0.717, 1.165) is 6.61 Å². The molecule has 1 nitrogen and oxygen atoms in total. The highest BCUT2D eigenvalue weighted by molar-refractivity contribution is 6.30. The van der Waals surface area contributed by atoms with Crippen molar-refractivity contribution >= 4 is 11.6 Å². The van der Waals surface area contributed by atoms with Gasteiger partial charge in [-0.2, -0.15) is 0 Å². The Morgan fingerprint density at radius 2 is 2.00 bits per heavy atom. The van der Waals surface area contributed by atoms with Crippen LogP contribution in [0.4, 0.5) is 4.39 Å². The summed E-state index contributed by atoms with van der Waals surface area (Å²) >= 11 is 5.68. The van der Waals surface area contributed by atoms with Crippen molar-refractivity contribution < 1.29 is 9.13 Å². The van der Waals surface area contributed by atoms with Gasteiger partial charge in [-0.1, -0.05) is 30.9 Å². The third-order valence-electron chi connectivity index (χ3n) is 3.10. The molecule has 0 aliphatic heterocycles. The normalized spacial score (nSPS) is 17.4. The van der Waals surface area contributed by atoms with Crippen molar-refractivity contribution in [1.29, 1.82) is 0 Å². The van der Waals surface area contributed by atoms with Crippen molar-refractivity contribution in [1.82, 2.24) is 0 Å². The molecule has 0 N–H and O–H groups in total. The maximum Gasteiger partial charge on any atom is 0.142 e. The van der Waals surface area contributed by atoms with Crippen LogP contribution in [0.15, 0.2) is 18.2 Å². The Balaban J connectivity index is 1.86. The van der Waals surface area contributed by atoms with Crippen LogP contribution < -0.4 is 4.74 Å². The lowest BCUT2D eigenvalue weighted by Gasteiger charge is -2.21. The van der Waals surface area contributed by atoms with E-state index in [0.29, 0.717) is 11.7 Å². The van der Waals surface area contributed by atoms with Crippen LogP contribution in [0, 0.1) is 11.7 Å². The lowest BCUT2D eigenvalue weighted by Crippen LogP contribution is -2.15. The molecule has 1 saturated carbocycles. The van der Waals surface area contributed by atoms with Gasteiger partial charge in [-0.25, -0.2) is 4.39 Å². The molecule has 88 valence electrons. The summed E-state index contributed by atoms with van der Waals surface area (Å²) in [5.41, 5.74) is 0. The molecule has 0 bridgehead atoms. The first-order valence-corrected chi connectivity index (χ1v) is 6.21. The number of rotatable bonds is 3. The van der Waals surface area contributed by atoms with Gasteiger partial charge in [0.25, 0.3) is 0 Å². The highest BCUT2D eigenvalue weighted by Crippen LogP contribution is 2.26. The molecule has 0 heterocycles. The molecule has 0 amide bonds. The van der Waals surface area contributed by atoms with E-state index in [1.165, 1.54) is 38.2 Å². The smallest absolute Gasteiger partial charge is 0.142 e. The Bertz CT molecular complexity index is 348. The summed E-state index contributed by atoms with van der Waals surface area (Å²) in [5, 5.41) is 0.126. The van der Waals surface area contributed by atoms with E-state index < -0.39 is 5.82 Å². The van der Waals surface area contributed by atoms with E-state index in [-0.39, 0.29) is 5.02 Å². The molecule has 0 unspecified atom stereocenters. The maximum absolute atomic E-state index is 12.9. The minimum Gasteiger partial charge on any atom is -0.493 e. The number of hydrogen-bond acceptors (Lipinski definition) is 1. The highest BCUT2D eigenvalue weighted by Gasteiger charge is 2.14. The van der Waals surface area contributed by atoms with Crippen LogP contribution in [0.25, 0.3) is 0 Å². The molecule has 1 aliphatic rings. The molecule has 1 aromatic carbocycles. The number of halogens is 2. The number of hydrogen-bond donors (Lipinski definition) is 0. The summed E-state index contributed by atoms with van der Waals surface area (Å²) < 4.78 is 18.5. The van der Waals surface area contributed by atoms with E-state index in [1.807, 2.05) is 0 Å². The summed E-state index contributed by atoms with van der Waals surface area (Å²) in [6.07, 6.45) is 6.44. The molecular formula is C13H16ClFO. The molecular weight excluding hydrogens is 227 g/mol. The first-order chi connectivity index (χ1) is 7.75. The fourth-order valence-electron chi connectivity index (χ4n) is 2.13. The number of benzene rings is 1. The van der Waals surface area contributed by atoms with Crippen molar-refractivity contribution in [2.75, 3.05) is 6.61 Å². The van der Waals surface area contributed by atoms with Crippen LogP contribution in [0.2, 0.25) is 5.02 Å². The molecule has 1 aliphatic carbocycles. The standard InChI is InChI=1S/C13H16ClFO/c14-12-8-11(6-7-13(12)15)16-9-10-4-2-1-3-5-10/h6-8,10H,1-5,9H2. The first kappa shape index (κ1) is 11.7. The van der Waals surface area contributed by atoms with Crippen LogP contribution >= 0.6 is 11.6 Å². The second-order valence-corrected chi connectivity index (χ2v) is 4.80. The predicted octanol–water partition coefficient (Wildman–Crippen LogP) is 4.44. The quantitative estimate of drug-likeness (QED) is 0.762. The molecule has 0 spiro atoms. The Morgan fingerprint density at radius 1 is 1.25 bits per heavy atom. The van der Waals surface area contributed by atoms with E-state index >= 15 is 0 Å². The highest BCUT2D eigenvalue weighted by atomic mass is 35.5. The van der Waals surface area contributed by atoms with Gasteiger partial charge < -0.3 is 4.74 Å². The minimum atomic E-state index is -0.397. The lowest BCUT2D eigenvalue weighted by molar-refractivity contribution is 0.208. The van der Waals surface area contributed by atoms with E-state index in [4.69, 9.17) is 16.3 Å². The average molecular weight is 243 g/mol. The van der Waals surface area contributed by atoms with Crippen LogP contribution in [0.1, 0.15) is 32.1 Å². The first-order valence-electron chi connectivity index (χ1n) is 5.83. The molecule has 2 rings (SSSR count). The van der Waals surface area contributed by atoms with Gasteiger partial charge in [0, 0.05) is 6.07 Å². The van der Waals surface area contributed by atoms with Gasteiger partial charge in [0.1, 0.15) is 11.6 Å². The third kappa shape index (κ3) is 3.11. The molecule has 1 aromatic rings. The average Bonchev–Trinajstić information content (AvgIpc) is 2.32. The summed E-state index contributed by atoms with van der Waals surface area (Å²) in [4.78, 5) is 0. The van der Waals surface area contributed by atoms with Crippen molar-refractivity contribution in [3.63, 3.8) is 0 Å². The monoisotopic (exact) mass is 242 g/mol. The Labute approximate surface area is 101 Å². The molecule has 16 heavy (non-hydrogen) atoms. The van der Waals surface area contributed by atoms with Gasteiger partial charge >= 0.3 is 0 Å². The minimum absolute atomic E-state index is 0.126. The predicted molar refractivity (Wildman–Crippen MR) is 63.5 cm³/mol. The summed E-state index contributed by atoms with van der Waals surface area (Å²) in [6.45, 7) is 0.724. The Hall–Kier alpha value is -0.760. The molecule has 0 radical (unpaired) electrons. The molecule has 0 aromatic heterocycles. The largest absolute Gasteiger partial charge is 0.493 e. The van der Waals surface area contributed by atoms with Crippen molar-refractivity contribution in [2.45, 2.75) is 32.1 Å². The maximum atomic E-state index is 12.9. The van der Waals surface area contributed by atoms with Crippen molar-refractivity contribution in [3.8, 4) is 5.75 Å². The topological polar surface area (TPSA) is 9.23 Å². The Kier molecular flexibility index (Phi) is 4.05. The Morgan fingerprint density at radius 3 is 2.69 bits per heavy atom. The van der Waals surface area contributed by atoms with Crippen LogP contribution in [0.5, 0.6) is 5.75 Å². The van der Waals surface area contributed by atoms with E-state index in [9.17, 15) is 4.39 Å². The van der Waals surface area contributed by atoms with Gasteiger partial charge in [0.05, 0.1) is 11.6 Å². The van der Waals surface area contributed by atoms with Crippen LogP contribution in [-0.4, -0.2) is 6.61 Å². The molecule has 0 saturated heterocycles. The van der Waals surface area contributed by atoms with Gasteiger partial charge in [-0.3, -0.25) is 0 Å². The third-order valence-corrected chi connectivity index (χ3v) is 3.39. The second kappa shape index (κ2) is 5.53. The fourth-order valence-corrected chi connectivity index (χ4v) is 2.31. The fraction of sp³-hybridized carbons (Fsp3) is 0.538. The van der Waals surface area contributed by atoms with Crippen molar-refractivity contribution in [2.24, 2.45) is 5.92 Å².